The highest BCUT2D eigenvalue weighted by molar-refractivity contribution is 5.90. The predicted octanol–water partition coefficient (Wildman–Crippen LogP) is 4.80. The molecule has 23 heavy (non-hydrogen) atoms. The van der Waals surface area contributed by atoms with Gasteiger partial charge in [0.05, 0.1) is 0 Å². The zero-order valence-electron chi connectivity index (χ0n) is 13.7. The number of hydrogen-bond acceptors (Lipinski definition) is 1. The fourth-order valence-corrected chi connectivity index (χ4v) is 3.23. The second-order valence-electron chi connectivity index (χ2n) is 6.29. The molecule has 1 heterocycles. The third-order valence-electron chi connectivity index (χ3n) is 4.62. The van der Waals surface area contributed by atoms with E-state index in [4.69, 9.17) is 0 Å². The summed E-state index contributed by atoms with van der Waals surface area (Å²) in [4.78, 5) is 14.6. The number of anilines is 1. The van der Waals surface area contributed by atoms with Gasteiger partial charge >= 0.3 is 6.03 Å². The van der Waals surface area contributed by atoms with Crippen LogP contribution in [0.3, 0.4) is 0 Å². The highest BCUT2D eigenvalue weighted by Gasteiger charge is 2.23. The van der Waals surface area contributed by atoms with Gasteiger partial charge in [-0.05, 0) is 37.0 Å². The van der Waals surface area contributed by atoms with Crippen molar-refractivity contribution in [3.63, 3.8) is 0 Å². The number of benzene rings is 2. The molecule has 0 bridgehead atoms. The topological polar surface area (TPSA) is 32.3 Å². The molecular formula is C20H24N2O. The maximum absolute atomic E-state index is 12.7. The van der Waals surface area contributed by atoms with Gasteiger partial charge in [0.1, 0.15) is 0 Å². The molecule has 2 amide bonds. The Morgan fingerprint density at radius 2 is 1.78 bits per heavy atom. The van der Waals surface area contributed by atoms with Gasteiger partial charge < -0.3 is 10.2 Å². The molecule has 0 unspecified atom stereocenters. The first kappa shape index (κ1) is 15.6. The molecule has 1 N–H and O–H groups in total. The number of carbonyl (C=O) groups is 1. The van der Waals surface area contributed by atoms with Gasteiger partial charge in [-0.15, -0.1) is 0 Å². The van der Waals surface area contributed by atoms with Crippen molar-refractivity contribution in [1.29, 1.82) is 0 Å². The van der Waals surface area contributed by atoms with Gasteiger partial charge in [-0.25, -0.2) is 4.79 Å². The second-order valence-corrected chi connectivity index (χ2v) is 6.29. The summed E-state index contributed by atoms with van der Waals surface area (Å²) in [7, 11) is 0. The Kier molecular flexibility index (Phi) is 4.96. The Morgan fingerprint density at radius 1 is 1.04 bits per heavy atom. The van der Waals surface area contributed by atoms with Crippen molar-refractivity contribution in [1.82, 2.24) is 4.90 Å². The highest BCUT2D eigenvalue weighted by Crippen LogP contribution is 2.27. The Balaban J connectivity index is 1.71. The van der Waals surface area contributed by atoms with E-state index in [-0.39, 0.29) is 6.03 Å². The molecule has 1 saturated heterocycles. The first-order valence-corrected chi connectivity index (χ1v) is 8.40. The molecule has 0 aromatic heterocycles. The summed E-state index contributed by atoms with van der Waals surface area (Å²) in [6, 6.07) is 18.5. The summed E-state index contributed by atoms with van der Waals surface area (Å²) in [5, 5.41) is 3.07. The average Bonchev–Trinajstić information content (AvgIpc) is 2.84. The number of aryl methyl sites for hydroxylation is 1. The van der Waals surface area contributed by atoms with E-state index < -0.39 is 0 Å². The van der Waals surface area contributed by atoms with Crippen LogP contribution < -0.4 is 5.32 Å². The minimum absolute atomic E-state index is 0.0159. The van der Waals surface area contributed by atoms with E-state index in [0.717, 1.165) is 37.2 Å². The van der Waals surface area contributed by atoms with Crippen LogP contribution in [-0.4, -0.2) is 24.0 Å². The highest BCUT2D eigenvalue weighted by atomic mass is 16.2. The quantitative estimate of drug-likeness (QED) is 0.849. The number of likely N-dealkylation sites (tertiary alicyclic amines) is 1. The molecule has 120 valence electrons. The monoisotopic (exact) mass is 308 g/mol. The van der Waals surface area contributed by atoms with Gasteiger partial charge in [0.25, 0.3) is 0 Å². The number of rotatable bonds is 2. The molecule has 1 aliphatic heterocycles. The molecule has 1 atom stereocenters. The van der Waals surface area contributed by atoms with Gasteiger partial charge in [-0.1, -0.05) is 55.0 Å². The largest absolute Gasteiger partial charge is 0.324 e. The summed E-state index contributed by atoms with van der Waals surface area (Å²) < 4.78 is 0. The first-order valence-electron chi connectivity index (χ1n) is 8.40. The number of carbonyl (C=O) groups excluding carboxylic acids is 1. The van der Waals surface area contributed by atoms with Crippen molar-refractivity contribution in [2.45, 2.75) is 32.1 Å². The minimum atomic E-state index is 0.0159. The van der Waals surface area contributed by atoms with Crippen LogP contribution in [0.15, 0.2) is 54.6 Å². The Morgan fingerprint density at radius 3 is 2.57 bits per heavy atom. The van der Waals surface area contributed by atoms with E-state index in [9.17, 15) is 4.79 Å². The minimum Gasteiger partial charge on any atom is -0.324 e. The Hall–Kier alpha value is -2.29. The molecule has 1 fully saturated rings. The lowest BCUT2D eigenvalue weighted by molar-refractivity contribution is 0.211. The summed E-state index contributed by atoms with van der Waals surface area (Å²) in [6.45, 7) is 3.65. The van der Waals surface area contributed by atoms with Crippen molar-refractivity contribution in [2.75, 3.05) is 18.4 Å². The van der Waals surface area contributed by atoms with Crippen molar-refractivity contribution in [3.8, 4) is 0 Å². The van der Waals surface area contributed by atoms with E-state index in [1.54, 1.807) is 0 Å². The molecule has 3 heteroatoms. The maximum Gasteiger partial charge on any atom is 0.321 e. The van der Waals surface area contributed by atoms with Gasteiger partial charge in [-0.2, -0.15) is 0 Å². The number of amides is 2. The Labute approximate surface area is 138 Å². The number of hydrogen-bond donors (Lipinski definition) is 1. The van der Waals surface area contributed by atoms with Crippen LogP contribution in [0.5, 0.6) is 0 Å². The van der Waals surface area contributed by atoms with Gasteiger partial charge in [-0.3, -0.25) is 0 Å². The molecule has 0 aliphatic carbocycles. The molecule has 0 radical (unpaired) electrons. The van der Waals surface area contributed by atoms with Crippen molar-refractivity contribution in [2.24, 2.45) is 0 Å². The molecule has 2 aromatic rings. The number of urea groups is 1. The standard InChI is InChI=1S/C20H24N2O/c1-16-9-5-6-13-19(16)21-20(23)22-14-8-7-12-18(15-22)17-10-3-2-4-11-17/h2-6,9-11,13,18H,7-8,12,14-15H2,1H3,(H,21,23)/t18-/m1/s1. The van der Waals surface area contributed by atoms with Crippen LogP contribution in [0.25, 0.3) is 0 Å². The predicted molar refractivity (Wildman–Crippen MR) is 94.8 cm³/mol. The molecule has 0 saturated carbocycles. The zero-order valence-corrected chi connectivity index (χ0v) is 13.7. The summed E-state index contributed by atoms with van der Waals surface area (Å²) in [5.74, 6) is 0.432. The van der Waals surface area contributed by atoms with Crippen LogP contribution in [0, 0.1) is 6.92 Å². The van der Waals surface area contributed by atoms with Crippen LogP contribution in [-0.2, 0) is 0 Å². The molecule has 1 aliphatic rings. The van der Waals surface area contributed by atoms with Gasteiger partial charge in [0.2, 0.25) is 0 Å². The molecular weight excluding hydrogens is 284 g/mol. The number of nitrogens with zero attached hydrogens (tertiary/aromatic N) is 1. The maximum atomic E-state index is 12.7. The lowest BCUT2D eigenvalue weighted by Crippen LogP contribution is -2.37. The molecule has 3 rings (SSSR count). The number of nitrogens with one attached hydrogen (secondary N) is 1. The van der Waals surface area contributed by atoms with Gasteiger partial charge in [0.15, 0.2) is 0 Å². The summed E-state index contributed by atoms with van der Waals surface area (Å²) in [6.07, 6.45) is 3.40. The lowest BCUT2D eigenvalue weighted by atomic mass is 9.94. The van der Waals surface area contributed by atoms with Crippen LogP contribution in [0.4, 0.5) is 10.5 Å². The summed E-state index contributed by atoms with van der Waals surface area (Å²) >= 11 is 0. The first-order chi connectivity index (χ1) is 11.2. The molecule has 3 nitrogen and oxygen atoms in total. The Bertz CT molecular complexity index is 654. The van der Waals surface area contributed by atoms with Crippen LogP contribution >= 0.6 is 0 Å². The molecule has 0 spiro atoms. The third-order valence-corrected chi connectivity index (χ3v) is 4.62. The van der Waals surface area contributed by atoms with E-state index in [1.165, 1.54) is 12.0 Å². The smallest absolute Gasteiger partial charge is 0.321 e. The van der Waals surface area contributed by atoms with E-state index in [1.807, 2.05) is 42.2 Å². The van der Waals surface area contributed by atoms with Crippen molar-refractivity contribution >= 4 is 11.7 Å². The van der Waals surface area contributed by atoms with Crippen LogP contribution in [0.2, 0.25) is 0 Å². The fraction of sp³-hybridized carbons (Fsp3) is 0.350. The normalized spacial score (nSPS) is 18.3. The number of para-hydroxylation sites is 1. The van der Waals surface area contributed by atoms with Crippen molar-refractivity contribution in [3.05, 3.63) is 65.7 Å². The fourth-order valence-electron chi connectivity index (χ4n) is 3.23. The van der Waals surface area contributed by atoms with Crippen molar-refractivity contribution < 1.29 is 4.79 Å². The molecule has 2 aromatic carbocycles. The van der Waals surface area contributed by atoms with E-state index in [2.05, 4.69) is 29.6 Å². The van der Waals surface area contributed by atoms with Gasteiger partial charge in [0, 0.05) is 24.7 Å². The SMILES string of the molecule is Cc1ccccc1NC(=O)N1CCCC[C@@H](c2ccccc2)C1. The second kappa shape index (κ2) is 7.32. The lowest BCUT2D eigenvalue weighted by Gasteiger charge is -2.25. The third kappa shape index (κ3) is 3.92. The average molecular weight is 308 g/mol. The zero-order chi connectivity index (χ0) is 16.1. The van der Waals surface area contributed by atoms with E-state index >= 15 is 0 Å². The van der Waals surface area contributed by atoms with Crippen LogP contribution in [0.1, 0.15) is 36.3 Å². The van der Waals surface area contributed by atoms with E-state index in [0.29, 0.717) is 5.92 Å². The summed E-state index contributed by atoms with van der Waals surface area (Å²) in [5.41, 5.74) is 3.33.